The molecule has 0 aromatic rings. The van der Waals surface area contributed by atoms with Crippen LogP contribution in [0.1, 0.15) is 40.5 Å². The van der Waals surface area contributed by atoms with Crippen LogP contribution in [0.15, 0.2) is 0 Å². The Bertz CT molecular complexity index is 257. The Kier molecular flexibility index (Phi) is 7.91. The standard InChI is InChI=1S/C12H30NO5P/c1-11(2,13)10-12(3,4)18-19(14,16-6)17-9-7-8-15-5/h14,19H,7-10,13H2,1-6H3. The fraction of sp³-hybridized carbons (Fsp3) is 1.00. The summed E-state index contributed by atoms with van der Waals surface area (Å²) in [4.78, 5) is 10.2. The Morgan fingerprint density at radius 2 is 1.68 bits per heavy atom. The number of rotatable bonds is 10. The third-order valence-electron chi connectivity index (χ3n) is 2.32. The molecule has 0 saturated carbocycles. The molecule has 0 radical (unpaired) electrons. The van der Waals surface area contributed by atoms with Crippen LogP contribution in [0.25, 0.3) is 0 Å². The molecule has 3 N–H and O–H groups in total. The second kappa shape index (κ2) is 7.84. The van der Waals surface area contributed by atoms with Gasteiger partial charge in [-0.25, -0.2) is 0 Å². The van der Waals surface area contributed by atoms with Crippen molar-refractivity contribution in [1.29, 1.82) is 0 Å². The average molecular weight is 299 g/mol. The van der Waals surface area contributed by atoms with Crippen LogP contribution >= 0.6 is 8.17 Å². The molecule has 0 aliphatic carbocycles. The molecule has 6 nitrogen and oxygen atoms in total. The summed E-state index contributed by atoms with van der Waals surface area (Å²) in [5.74, 6) is 0. The van der Waals surface area contributed by atoms with Gasteiger partial charge in [-0.15, -0.1) is 0 Å². The Balaban J connectivity index is 4.42. The molecular formula is C12H30NO5P. The molecule has 0 aromatic heterocycles. The van der Waals surface area contributed by atoms with E-state index in [1.54, 1.807) is 7.11 Å². The van der Waals surface area contributed by atoms with Gasteiger partial charge >= 0.3 is 116 Å². The van der Waals surface area contributed by atoms with Crippen molar-refractivity contribution in [3.8, 4) is 0 Å². The summed E-state index contributed by atoms with van der Waals surface area (Å²) in [5.41, 5.74) is 4.95. The van der Waals surface area contributed by atoms with E-state index in [1.807, 2.05) is 27.7 Å². The van der Waals surface area contributed by atoms with Gasteiger partial charge in [0.05, 0.1) is 0 Å². The topological polar surface area (TPSA) is 83.2 Å². The minimum atomic E-state index is -3.62. The molecule has 0 aliphatic rings. The number of hydrogen-bond acceptors (Lipinski definition) is 6. The van der Waals surface area contributed by atoms with E-state index in [4.69, 9.17) is 24.0 Å². The third kappa shape index (κ3) is 9.68. The van der Waals surface area contributed by atoms with Crippen LogP contribution in [-0.2, 0) is 18.3 Å². The number of ether oxygens (including phenoxy) is 1. The molecule has 0 heterocycles. The Morgan fingerprint density at radius 1 is 1.11 bits per heavy atom. The molecule has 7 heteroatoms. The van der Waals surface area contributed by atoms with E-state index in [0.29, 0.717) is 26.1 Å². The summed E-state index contributed by atoms with van der Waals surface area (Å²) < 4.78 is 21.0. The SMILES string of the molecule is COCCCO[PH](O)(OC)OC(C)(C)CC(C)(C)N. The normalized spacial score (nSPS) is 14.7. The zero-order valence-electron chi connectivity index (χ0n) is 13.0. The van der Waals surface area contributed by atoms with Crippen molar-refractivity contribution in [3.63, 3.8) is 0 Å². The molecule has 0 spiro atoms. The zero-order valence-corrected chi connectivity index (χ0v) is 14.0. The Hall–Kier alpha value is 0.190. The van der Waals surface area contributed by atoms with Gasteiger partial charge < -0.3 is 0 Å². The Labute approximate surface area is 117 Å². The molecular weight excluding hydrogens is 269 g/mol. The molecule has 0 bridgehead atoms. The van der Waals surface area contributed by atoms with Crippen molar-refractivity contribution in [2.75, 3.05) is 27.4 Å². The molecule has 0 atom stereocenters. The van der Waals surface area contributed by atoms with E-state index < -0.39 is 19.3 Å². The van der Waals surface area contributed by atoms with Crippen molar-refractivity contribution < 1.29 is 23.2 Å². The van der Waals surface area contributed by atoms with Crippen molar-refractivity contribution >= 4 is 8.17 Å². The molecule has 19 heavy (non-hydrogen) atoms. The summed E-state index contributed by atoms with van der Waals surface area (Å²) >= 11 is 0. The van der Waals surface area contributed by atoms with Gasteiger partial charge in [-0.3, -0.25) is 0 Å². The van der Waals surface area contributed by atoms with Crippen molar-refractivity contribution in [3.05, 3.63) is 0 Å². The molecule has 0 fully saturated rings. The number of methoxy groups -OCH3 is 1. The first-order chi connectivity index (χ1) is 8.54. The van der Waals surface area contributed by atoms with Gasteiger partial charge in [0.2, 0.25) is 0 Å². The molecule has 0 aromatic carbocycles. The predicted molar refractivity (Wildman–Crippen MR) is 78.0 cm³/mol. The molecule has 0 saturated heterocycles. The maximum atomic E-state index is 10.2. The van der Waals surface area contributed by atoms with E-state index in [-0.39, 0.29) is 0 Å². The van der Waals surface area contributed by atoms with Crippen molar-refractivity contribution in [2.24, 2.45) is 5.73 Å². The van der Waals surface area contributed by atoms with Crippen molar-refractivity contribution in [1.82, 2.24) is 0 Å². The average Bonchev–Trinajstić information content (AvgIpc) is 2.20. The first-order valence-corrected chi connectivity index (χ1v) is 8.10. The number of hydrogen-bond donors (Lipinski definition) is 2. The predicted octanol–water partition coefficient (Wildman–Crippen LogP) is 2.01. The Morgan fingerprint density at radius 3 is 2.11 bits per heavy atom. The first kappa shape index (κ1) is 19.2. The fourth-order valence-corrected chi connectivity index (χ4v) is 3.45. The van der Waals surface area contributed by atoms with Gasteiger partial charge in [-0.1, -0.05) is 0 Å². The zero-order chi connectivity index (χ0) is 15.2. The van der Waals surface area contributed by atoms with E-state index in [1.165, 1.54) is 7.11 Å². The fourth-order valence-electron chi connectivity index (χ4n) is 2.02. The molecule has 0 amide bonds. The summed E-state index contributed by atoms with van der Waals surface area (Å²) in [5, 5.41) is 0. The summed E-state index contributed by atoms with van der Waals surface area (Å²) in [6, 6.07) is 0. The van der Waals surface area contributed by atoms with Gasteiger partial charge in [-0.2, -0.15) is 0 Å². The van der Waals surface area contributed by atoms with Crippen molar-refractivity contribution in [2.45, 2.75) is 51.7 Å². The van der Waals surface area contributed by atoms with Gasteiger partial charge in [0, 0.05) is 0 Å². The summed E-state index contributed by atoms with van der Waals surface area (Å²) in [6.07, 6.45) is 1.24. The number of nitrogens with two attached hydrogens (primary N) is 1. The van der Waals surface area contributed by atoms with Gasteiger partial charge in [0.1, 0.15) is 0 Å². The summed E-state index contributed by atoms with van der Waals surface area (Å²) in [7, 11) is -0.625. The van der Waals surface area contributed by atoms with Crippen LogP contribution in [0.4, 0.5) is 0 Å². The second-order valence-corrected chi connectivity index (χ2v) is 7.90. The molecule has 0 rings (SSSR count). The third-order valence-corrected chi connectivity index (χ3v) is 4.22. The maximum absolute atomic E-state index is 10.2. The van der Waals surface area contributed by atoms with Crippen LogP contribution in [0.3, 0.4) is 0 Å². The van der Waals surface area contributed by atoms with Crippen LogP contribution in [-0.4, -0.2) is 43.5 Å². The van der Waals surface area contributed by atoms with Gasteiger partial charge in [-0.05, 0) is 0 Å². The van der Waals surface area contributed by atoms with Crippen LogP contribution in [0, 0.1) is 0 Å². The van der Waals surface area contributed by atoms with Gasteiger partial charge in [0.15, 0.2) is 0 Å². The van der Waals surface area contributed by atoms with Crippen LogP contribution < -0.4 is 5.73 Å². The van der Waals surface area contributed by atoms with Gasteiger partial charge in [0.25, 0.3) is 0 Å². The quantitative estimate of drug-likeness (QED) is 0.474. The van der Waals surface area contributed by atoms with Crippen LogP contribution in [0.2, 0.25) is 0 Å². The molecule has 118 valence electrons. The molecule has 0 aliphatic heterocycles. The van der Waals surface area contributed by atoms with Crippen LogP contribution in [0.5, 0.6) is 0 Å². The summed E-state index contributed by atoms with van der Waals surface area (Å²) in [6.45, 7) is 8.42. The second-order valence-electron chi connectivity index (χ2n) is 5.95. The molecule has 0 unspecified atom stereocenters. The first-order valence-electron chi connectivity index (χ1n) is 6.43. The van der Waals surface area contributed by atoms with E-state index in [2.05, 4.69) is 0 Å². The van der Waals surface area contributed by atoms with E-state index in [0.717, 1.165) is 0 Å². The minimum absolute atomic E-state index is 0.326. The monoisotopic (exact) mass is 299 g/mol. The van der Waals surface area contributed by atoms with E-state index >= 15 is 0 Å². The van der Waals surface area contributed by atoms with E-state index in [9.17, 15) is 4.89 Å².